The summed E-state index contributed by atoms with van der Waals surface area (Å²) >= 11 is 0. The van der Waals surface area contributed by atoms with E-state index < -0.39 is 0 Å². The fourth-order valence-corrected chi connectivity index (χ4v) is 4.11. The second-order valence-corrected chi connectivity index (χ2v) is 8.18. The summed E-state index contributed by atoms with van der Waals surface area (Å²) in [7, 11) is 0. The predicted molar refractivity (Wildman–Crippen MR) is 107 cm³/mol. The van der Waals surface area contributed by atoms with Gasteiger partial charge in [-0.25, -0.2) is 0 Å². The molecule has 0 saturated heterocycles. The molecule has 26 heavy (non-hydrogen) atoms. The second kappa shape index (κ2) is 7.79. The molecule has 0 spiro atoms. The summed E-state index contributed by atoms with van der Waals surface area (Å²) in [5, 5.41) is 2.11. The molecule has 2 aromatic rings. The highest BCUT2D eigenvalue weighted by molar-refractivity contribution is 5.91. The molecule has 0 aliphatic heterocycles. The van der Waals surface area contributed by atoms with Gasteiger partial charge in [0.15, 0.2) is 0 Å². The van der Waals surface area contributed by atoms with Crippen LogP contribution in [0.25, 0.3) is 10.8 Å². The monoisotopic (exact) mass is 353 g/mol. The molecule has 0 N–H and O–H groups in total. The molecule has 0 unspecified atom stereocenters. The Hall–Kier alpha value is -1.87. The van der Waals surface area contributed by atoms with E-state index in [1.165, 1.54) is 0 Å². The van der Waals surface area contributed by atoms with Gasteiger partial charge >= 0.3 is 5.97 Å². The van der Waals surface area contributed by atoms with Crippen LogP contribution in [0.4, 0.5) is 0 Å². The summed E-state index contributed by atoms with van der Waals surface area (Å²) in [5.41, 5.74) is -0.307. The standard InChI is InChI=1S/C23H31NO2/c1-17(2)24(18(3)4)16-15-23(13-8-14-23)22(25)26-21-12-7-10-19-9-5-6-11-20(19)21/h5-7,9-12,17-18H,8,13-16H2,1-4H3. The van der Waals surface area contributed by atoms with Crippen LogP contribution in [-0.2, 0) is 4.79 Å². The molecule has 1 saturated carbocycles. The quantitative estimate of drug-likeness (QED) is 0.491. The van der Waals surface area contributed by atoms with E-state index in [-0.39, 0.29) is 11.4 Å². The van der Waals surface area contributed by atoms with Gasteiger partial charge in [-0.15, -0.1) is 0 Å². The van der Waals surface area contributed by atoms with Crippen molar-refractivity contribution in [1.29, 1.82) is 0 Å². The third kappa shape index (κ3) is 3.78. The van der Waals surface area contributed by atoms with E-state index in [9.17, 15) is 4.79 Å². The van der Waals surface area contributed by atoms with Gasteiger partial charge in [0.1, 0.15) is 5.75 Å². The average Bonchev–Trinajstić information content (AvgIpc) is 2.56. The highest BCUT2D eigenvalue weighted by Crippen LogP contribution is 2.46. The minimum atomic E-state index is -0.307. The fourth-order valence-electron chi connectivity index (χ4n) is 4.11. The normalized spacial score (nSPS) is 16.3. The van der Waals surface area contributed by atoms with Gasteiger partial charge in [-0.1, -0.05) is 42.8 Å². The predicted octanol–water partition coefficient (Wildman–Crippen LogP) is 5.42. The number of hydrogen-bond donors (Lipinski definition) is 0. The van der Waals surface area contributed by atoms with Crippen LogP contribution in [0.2, 0.25) is 0 Å². The molecule has 0 amide bonds. The molecule has 0 bridgehead atoms. The number of nitrogens with zero attached hydrogens (tertiary/aromatic N) is 1. The van der Waals surface area contributed by atoms with E-state index >= 15 is 0 Å². The number of ether oxygens (including phenoxy) is 1. The first-order valence-electron chi connectivity index (χ1n) is 9.89. The van der Waals surface area contributed by atoms with Crippen molar-refractivity contribution in [2.75, 3.05) is 6.54 Å². The van der Waals surface area contributed by atoms with Gasteiger partial charge in [0.25, 0.3) is 0 Å². The average molecular weight is 354 g/mol. The number of benzene rings is 2. The lowest BCUT2D eigenvalue weighted by molar-refractivity contribution is -0.152. The molecule has 3 rings (SSSR count). The maximum absolute atomic E-state index is 13.1. The molecule has 3 heteroatoms. The lowest BCUT2D eigenvalue weighted by Crippen LogP contribution is -2.46. The third-order valence-corrected chi connectivity index (χ3v) is 5.87. The maximum atomic E-state index is 13.1. The van der Waals surface area contributed by atoms with Crippen LogP contribution in [0.15, 0.2) is 42.5 Å². The molecule has 3 nitrogen and oxygen atoms in total. The topological polar surface area (TPSA) is 29.5 Å². The van der Waals surface area contributed by atoms with E-state index in [1.807, 2.05) is 30.3 Å². The zero-order chi connectivity index (χ0) is 18.7. The molecule has 0 radical (unpaired) electrons. The lowest BCUT2D eigenvalue weighted by Gasteiger charge is -2.42. The molecular weight excluding hydrogens is 322 g/mol. The van der Waals surface area contributed by atoms with E-state index in [0.717, 1.165) is 43.0 Å². The van der Waals surface area contributed by atoms with E-state index in [1.54, 1.807) is 0 Å². The Kier molecular flexibility index (Phi) is 5.67. The van der Waals surface area contributed by atoms with Crippen molar-refractivity contribution in [3.8, 4) is 5.75 Å². The number of carbonyl (C=O) groups is 1. The van der Waals surface area contributed by atoms with Crippen LogP contribution >= 0.6 is 0 Å². The Balaban J connectivity index is 1.74. The van der Waals surface area contributed by atoms with Gasteiger partial charge in [-0.2, -0.15) is 0 Å². The Morgan fingerprint density at radius 3 is 2.31 bits per heavy atom. The molecule has 1 aliphatic rings. The molecule has 1 aliphatic carbocycles. The lowest BCUT2D eigenvalue weighted by atomic mass is 9.66. The summed E-state index contributed by atoms with van der Waals surface area (Å²) in [6, 6.07) is 14.9. The second-order valence-electron chi connectivity index (χ2n) is 8.18. The van der Waals surface area contributed by atoms with Crippen molar-refractivity contribution in [3.63, 3.8) is 0 Å². The highest BCUT2D eigenvalue weighted by atomic mass is 16.5. The Bertz CT molecular complexity index is 748. The Morgan fingerprint density at radius 1 is 1.04 bits per heavy atom. The van der Waals surface area contributed by atoms with Gasteiger partial charge < -0.3 is 4.74 Å². The van der Waals surface area contributed by atoms with Crippen LogP contribution in [0.1, 0.15) is 53.4 Å². The number of hydrogen-bond acceptors (Lipinski definition) is 3. The summed E-state index contributed by atoms with van der Waals surface area (Å²) in [5.74, 6) is 0.636. The molecule has 0 atom stereocenters. The smallest absolute Gasteiger partial charge is 0.317 e. The van der Waals surface area contributed by atoms with Crippen LogP contribution in [0.5, 0.6) is 5.75 Å². The first kappa shape index (κ1) is 18.9. The van der Waals surface area contributed by atoms with Crippen molar-refractivity contribution < 1.29 is 9.53 Å². The van der Waals surface area contributed by atoms with Gasteiger partial charge in [0.2, 0.25) is 0 Å². The molecule has 140 valence electrons. The SMILES string of the molecule is CC(C)N(CCC1(C(=O)Oc2cccc3ccccc23)CCC1)C(C)C. The summed E-state index contributed by atoms with van der Waals surface area (Å²) in [4.78, 5) is 15.5. The molecule has 0 aromatic heterocycles. The van der Waals surface area contributed by atoms with Crippen LogP contribution < -0.4 is 4.74 Å². The van der Waals surface area contributed by atoms with Crippen molar-refractivity contribution in [3.05, 3.63) is 42.5 Å². The summed E-state index contributed by atoms with van der Waals surface area (Å²) in [6.45, 7) is 9.84. The summed E-state index contributed by atoms with van der Waals surface area (Å²) in [6.07, 6.45) is 3.89. The molecule has 0 heterocycles. The van der Waals surface area contributed by atoms with E-state index in [2.05, 4.69) is 44.7 Å². The first-order valence-corrected chi connectivity index (χ1v) is 9.89. The van der Waals surface area contributed by atoms with Gasteiger partial charge in [-0.05, 0) is 65.0 Å². The minimum Gasteiger partial charge on any atom is -0.425 e. The first-order chi connectivity index (χ1) is 12.4. The van der Waals surface area contributed by atoms with Gasteiger partial charge in [0, 0.05) is 17.5 Å². The van der Waals surface area contributed by atoms with Crippen molar-refractivity contribution in [2.45, 2.75) is 65.5 Å². The van der Waals surface area contributed by atoms with Crippen molar-refractivity contribution >= 4 is 16.7 Å². The van der Waals surface area contributed by atoms with Gasteiger partial charge in [0.05, 0.1) is 5.41 Å². The van der Waals surface area contributed by atoms with Crippen molar-refractivity contribution in [1.82, 2.24) is 4.90 Å². The molecule has 1 fully saturated rings. The zero-order valence-electron chi connectivity index (χ0n) is 16.5. The van der Waals surface area contributed by atoms with Crippen molar-refractivity contribution in [2.24, 2.45) is 5.41 Å². The number of esters is 1. The Labute approximate surface area is 157 Å². The molecule has 2 aromatic carbocycles. The largest absolute Gasteiger partial charge is 0.425 e. The van der Waals surface area contributed by atoms with Crippen LogP contribution in [0.3, 0.4) is 0 Å². The van der Waals surface area contributed by atoms with E-state index in [0.29, 0.717) is 17.8 Å². The third-order valence-electron chi connectivity index (χ3n) is 5.87. The van der Waals surface area contributed by atoms with Crippen LogP contribution in [0, 0.1) is 5.41 Å². The number of rotatable bonds is 7. The zero-order valence-corrected chi connectivity index (χ0v) is 16.5. The van der Waals surface area contributed by atoms with Crippen LogP contribution in [-0.4, -0.2) is 29.5 Å². The maximum Gasteiger partial charge on any atom is 0.317 e. The minimum absolute atomic E-state index is 0.0486. The number of carbonyl (C=O) groups excluding carboxylic acids is 1. The highest BCUT2D eigenvalue weighted by Gasteiger charge is 2.45. The molecular formula is C23H31NO2. The fraction of sp³-hybridized carbons (Fsp3) is 0.522. The Morgan fingerprint density at radius 2 is 1.69 bits per heavy atom. The number of fused-ring (bicyclic) bond motifs is 1. The van der Waals surface area contributed by atoms with Gasteiger partial charge in [-0.3, -0.25) is 9.69 Å². The summed E-state index contributed by atoms with van der Waals surface area (Å²) < 4.78 is 5.93. The van der Waals surface area contributed by atoms with E-state index in [4.69, 9.17) is 4.74 Å².